The Hall–Kier alpha value is -2.31. The molecule has 1 aliphatic heterocycles. The molecule has 5 nitrogen and oxygen atoms in total. The number of nitrogens with one attached hydrogen (secondary N) is 1. The van der Waals surface area contributed by atoms with E-state index in [-0.39, 0.29) is 5.75 Å². The molecule has 1 aliphatic rings. The minimum atomic E-state index is -3.58. The van der Waals surface area contributed by atoms with E-state index in [1.165, 1.54) is 0 Å². The zero-order valence-electron chi connectivity index (χ0n) is 14.7. The lowest BCUT2D eigenvalue weighted by Crippen LogP contribution is -2.15. The van der Waals surface area contributed by atoms with Gasteiger partial charge >= 0.3 is 0 Å². The van der Waals surface area contributed by atoms with Crippen LogP contribution in [-0.2, 0) is 28.7 Å². The van der Waals surface area contributed by atoms with Gasteiger partial charge in [0.2, 0.25) is 10.0 Å². The molecule has 27 heavy (non-hydrogen) atoms. The summed E-state index contributed by atoms with van der Waals surface area (Å²) in [5, 5.41) is 0.520. The van der Waals surface area contributed by atoms with E-state index in [1.807, 2.05) is 24.4 Å². The first kappa shape index (κ1) is 18.1. The molecule has 2 aromatic carbocycles. The Morgan fingerprint density at radius 1 is 1.11 bits per heavy atom. The molecule has 3 aromatic rings. The quantitative estimate of drug-likeness (QED) is 0.685. The highest BCUT2D eigenvalue weighted by Crippen LogP contribution is 2.30. The molecule has 0 radical (unpaired) electrons. The van der Waals surface area contributed by atoms with Crippen LogP contribution in [0.5, 0.6) is 0 Å². The number of imidazole rings is 1. The average molecular weight is 402 g/mol. The zero-order valence-corrected chi connectivity index (χ0v) is 16.3. The molecule has 1 aromatic heterocycles. The molecule has 2 heterocycles. The van der Waals surface area contributed by atoms with Crippen LogP contribution < -0.4 is 4.72 Å². The van der Waals surface area contributed by atoms with E-state index >= 15 is 0 Å². The second-order valence-corrected chi connectivity index (χ2v) is 8.89. The van der Waals surface area contributed by atoms with Gasteiger partial charge < -0.3 is 4.57 Å². The van der Waals surface area contributed by atoms with Crippen LogP contribution in [0.15, 0.2) is 54.7 Å². The van der Waals surface area contributed by atoms with Crippen LogP contribution in [0.25, 0.3) is 11.3 Å². The molecule has 7 heteroatoms. The van der Waals surface area contributed by atoms with Gasteiger partial charge in [-0.05, 0) is 36.6 Å². The van der Waals surface area contributed by atoms with Crippen molar-refractivity contribution in [2.45, 2.75) is 31.6 Å². The number of aryl methyl sites for hydroxylation is 2. The van der Waals surface area contributed by atoms with E-state index in [2.05, 4.69) is 9.29 Å². The molecular formula is C20H20ClN3O2S. The maximum absolute atomic E-state index is 12.7. The van der Waals surface area contributed by atoms with Gasteiger partial charge in [0.05, 0.1) is 17.1 Å². The number of aromatic nitrogens is 2. The van der Waals surface area contributed by atoms with E-state index in [0.717, 1.165) is 42.9 Å². The van der Waals surface area contributed by atoms with Gasteiger partial charge in [0.1, 0.15) is 5.82 Å². The first-order valence-electron chi connectivity index (χ1n) is 8.90. The van der Waals surface area contributed by atoms with Gasteiger partial charge in [0, 0.05) is 29.7 Å². The number of fused-ring (bicyclic) bond motifs is 1. The summed E-state index contributed by atoms with van der Waals surface area (Å²) in [5.74, 6) is 0.925. The normalized spacial score (nSPS) is 14.0. The van der Waals surface area contributed by atoms with Crippen LogP contribution in [0.4, 0.5) is 5.69 Å². The lowest BCUT2D eigenvalue weighted by molar-refractivity contribution is 0.522. The second-order valence-electron chi connectivity index (χ2n) is 6.73. The number of para-hydroxylation sites is 1. The van der Waals surface area contributed by atoms with Crippen molar-refractivity contribution in [2.75, 3.05) is 4.72 Å². The maximum Gasteiger partial charge on any atom is 0.236 e. The van der Waals surface area contributed by atoms with Crippen molar-refractivity contribution in [2.24, 2.45) is 0 Å². The molecule has 0 atom stereocenters. The zero-order chi connectivity index (χ0) is 18.9. The van der Waals surface area contributed by atoms with Crippen molar-refractivity contribution in [1.82, 2.24) is 9.55 Å². The van der Waals surface area contributed by atoms with E-state index in [9.17, 15) is 8.42 Å². The lowest BCUT2D eigenvalue weighted by Gasteiger charge is -2.12. The fraction of sp³-hybridized carbons (Fsp3) is 0.250. The minimum Gasteiger partial charge on any atom is -0.334 e. The Kier molecular flexibility index (Phi) is 4.93. The Morgan fingerprint density at radius 3 is 2.78 bits per heavy atom. The summed E-state index contributed by atoms with van der Waals surface area (Å²) in [7, 11) is -3.58. The molecule has 0 aliphatic carbocycles. The summed E-state index contributed by atoms with van der Waals surface area (Å²) in [6.45, 7) is 0.963. The Bertz CT molecular complexity index is 1050. The lowest BCUT2D eigenvalue weighted by atomic mass is 10.1. The van der Waals surface area contributed by atoms with Gasteiger partial charge in [-0.2, -0.15) is 0 Å². The van der Waals surface area contributed by atoms with Crippen molar-refractivity contribution < 1.29 is 8.42 Å². The predicted octanol–water partition coefficient (Wildman–Crippen LogP) is 4.48. The number of hydrogen-bond donors (Lipinski definition) is 1. The van der Waals surface area contributed by atoms with Gasteiger partial charge in [-0.1, -0.05) is 41.9 Å². The Morgan fingerprint density at radius 2 is 1.96 bits per heavy atom. The SMILES string of the molecule is O=S(=O)(Cc1cccc(Cl)c1)Nc1ccccc1-c1cn2c(n1)CCCC2. The minimum absolute atomic E-state index is 0.137. The van der Waals surface area contributed by atoms with Crippen LogP contribution in [0.1, 0.15) is 24.2 Å². The number of benzene rings is 2. The fourth-order valence-corrected chi connectivity index (χ4v) is 4.80. The summed E-state index contributed by atoms with van der Waals surface area (Å²) in [5.41, 5.74) is 2.77. The summed E-state index contributed by atoms with van der Waals surface area (Å²) in [4.78, 5) is 4.72. The second kappa shape index (κ2) is 7.37. The topological polar surface area (TPSA) is 64.0 Å². The average Bonchev–Trinajstić information content (AvgIpc) is 3.05. The molecule has 4 rings (SSSR count). The Balaban J connectivity index is 1.62. The molecule has 0 saturated heterocycles. The first-order chi connectivity index (χ1) is 13.0. The van der Waals surface area contributed by atoms with Crippen molar-refractivity contribution in [3.05, 3.63) is 71.1 Å². The van der Waals surface area contributed by atoms with Crippen LogP contribution in [0, 0.1) is 0 Å². The van der Waals surface area contributed by atoms with Crippen LogP contribution in [0.3, 0.4) is 0 Å². The van der Waals surface area contributed by atoms with Gasteiger partial charge in [-0.25, -0.2) is 13.4 Å². The van der Waals surface area contributed by atoms with Crippen LogP contribution in [-0.4, -0.2) is 18.0 Å². The predicted molar refractivity (Wildman–Crippen MR) is 108 cm³/mol. The van der Waals surface area contributed by atoms with E-state index in [0.29, 0.717) is 16.3 Å². The summed E-state index contributed by atoms with van der Waals surface area (Å²) < 4.78 is 30.2. The smallest absolute Gasteiger partial charge is 0.236 e. The molecular weight excluding hydrogens is 382 g/mol. The van der Waals surface area contributed by atoms with Crippen molar-refractivity contribution in [3.63, 3.8) is 0 Å². The number of rotatable bonds is 5. The van der Waals surface area contributed by atoms with Gasteiger partial charge in [0.15, 0.2) is 0 Å². The summed E-state index contributed by atoms with van der Waals surface area (Å²) >= 11 is 5.96. The van der Waals surface area contributed by atoms with E-state index in [1.54, 1.807) is 30.3 Å². The fourth-order valence-electron chi connectivity index (χ4n) is 3.39. The number of halogens is 1. The third kappa shape index (κ3) is 4.17. The van der Waals surface area contributed by atoms with Crippen molar-refractivity contribution >= 4 is 27.3 Å². The van der Waals surface area contributed by atoms with Gasteiger partial charge in [-0.3, -0.25) is 4.72 Å². The van der Waals surface area contributed by atoms with Gasteiger partial charge in [-0.15, -0.1) is 0 Å². The van der Waals surface area contributed by atoms with Crippen molar-refractivity contribution in [1.29, 1.82) is 0 Å². The molecule has 1 N–H and O–H groups in total. The third-order valence-corrected chi connectivity index (χ3v) is 6.10. The molecule has 0 saturated carbocycles. The largest absolute Gasteiger partial charge is 0.334 e. The molecule has 140 valence electrons. The van der Waals surface area contributed by atoms with Crippen molar-refractivity contribution in [3.8, 4) is 11.3 Å². The highest BCUT2D eigenvalue weighted by Gasteiger charge is 2.18. The molecule has 0 unspecified atom stereocenters. The number of anilines is 1. The molecule has 0 amide bonds. The highest BCUT2D eigenvalue weighted by atomic mass is 35.5. The Labute approximate surface area is 164 Å². The summed E-state index contributed by atoms with van der Waals surface area (Å²) in [6.07, 6.45) is 5.27. The number of hydrogen-bond acceptors (Lipinski definition) is 3. The monoisotopic (exact) mass is 401 g/mol. The van der Waals surface area contributed by atoms with Crippen LogP contribution >= 0.6 is 11.6 Å². The van der Waals surface area contributed by atoms with Gasteiger partial charge in [0.25, 0.3) is 0 Å². The van der Waals surface area contributed by atoms with E-state index < -0.39 is 10.0 Å². The standard InChI is InChI=1S/C20H20ClN3O2S/c21-16-7-5-6-15(12-16)14-27(25,26)23-18-9-2-1-8-17(18)19-13-24-11-4-3-10-20(24)22-19/h1-2,5-9,12-13,23H,3-4,10-11,14H2. The molecule has 0 spiro atoms. The third-order valence-electron chi connectivity index (χ3n) is 4.62. The van der Waals surface area contributed by atoms with Crippen LogP contribution in [0.2, 0.25) is 5.02 Å². The highest BCUT2D eigenvalue weighted by molar-refractivity contribution is 7.91. The molecule has 0 bridgehead atoms. The number of nitrogens with zero attached hydrogens (tertiary/aromatic N) is 2. The van der Waals surface area contributed by atoms with E-state index in [4.69, 9.17) is 16.6 Å². The molecule has 0 fully saturated rings. The summed E-state index contributed by atoms with van der Waals surface area (Å²) in [6, 6.07) is 14.3. The first-order valence-corrected chi connectivity index (χ1v) is 10.9. The maximum atomic E-state index is 12.7. The number of sulfonamides is 1.